The standard InChI is InChI=1S/C24H24N2O3S/c1-18-8-7-13-22(14-18)30(28,29)26-17-21-12-6-5-11-20(21)15-23(26)24(27)25-16-19-9-3-2-4-10-19/h2-14,23H,15-17H2,1H3,(H,25,27). The number of sulfonamides is 1. The van der Waals surface area contributed by atoms with Gasteiger partial charge >= 0.3 is 0 Å². The number of hydrogen-bond acceptors (Lipinski definition) is 3. The van der Waals surface area contributed by atoms with Gasteiger partial charge in [0.15, 0.2) is 0 Å². The lowest BCUT2D eigenvalue weighted by Gasteiger charge is -2.35. The molecule has 4 rings (SSSR count). The summed E-state index contributed by atoms with van der Waals surface area (Å²) < 4.78 is 28.3. The summed E-state index contributed by atoms with van der Waals surface area (Å²) in [6.45, 7) is 2.39. The molecule has 1 atom stereocenters. The molecule has 3 aromatic carbocycles. The predicted octanol–water partition coefficient (Wildman–Crippen LogP) is 3.43. The number of amides is 1. The van der Waals surface area contributed by atoms with Crippen molar-refractivity contribution in [2.75, 3.05) is 0 Å². The molecule has 1 amide bonds. The Bertz CT molecular complexity index is 1160. The lowest BCUT2D eigenvalue weighted by Crippen LogP contribution is -2.52. The zero-order valence-corrected chi connectivity index (χ0v) is 17.6. The van der Waals surface area contributed by atoms with Crippen LogP contribution in [0.3, 0.4) is 0 Å². The first-order valence-corrected chi connectivity index (χ1v) is 11.4. The average Bonchev–Trinajstić information content (AvgIpc) is 2.77. The van der Waals surface area contributed by atoms with Gasteiger partial charge in [0.2, 0.25) is 15.9 Å². The molecule has 1 aliphatic heterocycles. The number of rotatable bonds is 5. The minimum atomic E-state index is -3.83. The summed E-state index contributed by atoms with van der Waals surface area (Å²) in [4.78, 5) is 13.3. The van der Waals surface area contributed by atoms with Crippen LogP contribution < -0.4 is 5.32 Å². The van der Waals surface area contributed by atoms with Crippen LogP contribution in [0.1, 0.15) is 22.3 Å². The van der Waals surface area contributed by atoms with Crippen LogP contribution in [0.25, 0.3) is 0 Å². The van der Waals surface area contributed by atoms with Gasteiger partial charge in [-0.2, -0.15) is 4.31 Å². The first-order chi connectivity index (χ1) is 14.4. The molecule has 0 saturated carbocycles. The van der Waals surface area contributed by atoms with Crippen molar-refractivity contribution < 1.29 is 13.2 Å². The Morgan fingerprint density at radius 2 is 1.67 bits per heavy atom. The molecule has 1 heterocycles. The van der Waals surface area contributed by atoms with Gasteiger partial charge in [0.25, 0.3) is 0 Å². The SMILES string of the molecule is Cc1cccc(S(=O)(=O)N2Cc3ccccc3CC2C(=O)NCc2ccccc2)c1. The molecule has 0 aromatic heterocycles. The van der Waals surface area contributed by atoms with E-state index in [1.165, 1.54) is 4.31 Å². The highest BCUT2D eigenvalue weighted by Crippen LogP contribution is 2.29. The Kier molecular flexibility index (Phi) is 5.70. The molecule has 1 aliphatic rings. The van der Waals surface area contributed by atoms with Crippen molar-refractivity contribution in [3.8, 4) is 0 Å². The summed E-state index contributed by atoms with van der Waals surface area (Å²) in [5, 5.41) is 2.92. The normalized spacial score (nSPS) is 16.6. The molecule has 154 valence electrons. The minimum absolute atomic E-state index is 0.176. The second kappa shape index (κ2) is 8.42. The zero-order chi connectivity index (χ0) is 21.1. The van der Waals surface area contributed by atoms with Gasteiger partial charge in [0.05, 0.1) is 4.90 Å². The number of nitrogens with zero attached hydrogens (tertiary/aromatic N) is 1. The zero-order valence-electron chi connectivity index (χ0n) is 16.8. The Morgan fingerprint density at radius 1 is 0.967 bits per heavy atom. The monoisotopic (exact) mass is 420 g/mol. The van der Waals surface area contributed by atoms with Gasteiger partial charge in [-0.1, -0.05) is 66.7 Å². The maximum absolute atomic E-state index is 13.5. The van der Waals surface area contributed by atoms with E-state index < -0.39 is 16.1 Å². The molecule has 0 saturated heterocycles. The fourth-order valence-corrected chi connectivity index (χ4v) is 5.46. The fraction of sp³-hybridized carbons (Fsp3) is 0.208. The first-order valence-electron chi connectivity index (χ1n) is 9.92. The Balaban J connectivity index is 1.66. The molecule has 3 aromatic rings. The second-order valence-corrected chi connectivity index (χ2v) is 9.45. The van der Waals surface area contributed by atoms with Crippen molar-refractivity contribution in [2.24, 2.45) is 0 Å². The molecule has 0 radical (unpaired) electrons. The highest BCUT2D eigenvalue weighted by Gasteiger charge is 2.39. The van der Waals surface area contributed by atoms with Crippen LogP contribution in [-0.2, 0) is 34.3 Å². The van der Waals surface area contributed by atoms with Gasteiger partial charge in [-0.15, -0.1) is 0 Å². The van der Waals surface area contributed by atoms with Crippen molar-refractivity contribution in [3.63, 3.8) is 0 Å². The lowest BCUT2D eigenvalue weighted by molar-refractivity contribution is -0.125. The third kappa shape index (κ3) is 4.15. The van der Waals surface area contributed by atoms with Gasteiger partial charge in [0.1, 0.15) is 6.04 Å². The molecular formula is C24H24N2O3S. The van der Waals surface area contributed by atoms with Gasteiger partial charge in [-0.25, -0.2) is 8.42 Å². The van der Waals surface area contributed by atoms with Crippen LogP contribution in [0.5, 0.6) is 0 Å². The predicted molar refractivity (Wildman–Crippen MR) is 116 cm³/mol. The third-order valence-electron chi connectivity index (χ3n) is 5.41. The van der Waals surface area contributed by atoms with Crippen LogP contribution in [0.15, 0.2) is 83.8 Å². The number of fused-ring (bicyclic) bond motifs is 1. The quantitative estimate of drug-likeness (QED) is 0.688. The van der Waals surface area contributed by atoms with E-state index in [9.17, 15) is 13.2 Å². The van der Waals surface area contributed by atoms with E-state index in [-0.39, 0.29) is 17.3 Å². The molecule has 1 N–H and O–H groups in total. The lowest BCUT2D eigenvalue weighted by atomic mass is 9.95. The Morgan fingerprint density at radius 3 is 2.40 bits per heavy atom. The largest absolute Gasteiger partial charge is 0.351 e. The molecule has 5 nitrogen and oxygen atoms in total. The maximum atomic E-state index is 13.5. The van der Waals surface area contributed by atoms with E-state index in [0.29, 0.717) is 13.0 Å². The number of aryl methyl sites for hydroxylation is 1. The van der Waals surface area contributed by atoms with E-state index in [0.717, 1.165) is 22.3 Å². The summed E-state index contributed by atoms with van der Waals surface area (Å²) in [5.74, 6) is -0.287. The van der Waals surface area contributed by atoms with Gasteiger partial charge in [-0.3, -0.25) is 4.79 Å². The number of benzene rings is 3. The summed E-state index contributed by atoms with van der Waals surface area (Å²) in [6.07, 6.45) is 0.349. The molecular weight excluding hydrogens is 396 g/mol. The summed E-state index contributed by atoms with van der Waals surface area (Å²) in [6, 6.07) is 23.3. The highest BCUT2D eigenvalue weighted by molar-refractivity contribution is 7.89. The summed E-state index contributed by atoms with van der Waals surface area (Å²) in [5.41, 5.74) is 3.77. The number of nitrogens with one attached hydrogen (secondary N) is 1. The molecule has 0 spiro atoms. The smallest absolute Gasteiger partial charge is 0.244 e. The van der Waals surface area contributed by atoms with Crippen LogP contribution in [0, 0.1) is 6.92 Å². The highest BCUT2D eigenvalue weighted by atomic mass is 32.2. The van der Waals surface area contributed by atoms with E-state index in [1.54, 1.807) is 18.2 Å². The van der Waals surface area contributed by atoms with Crippen molar-refractivity contribution >= 4 is 15.9 Å². The maximum Gasteiger partial charge on any atom is 0.244 e. The van der Waals surface area contributed by atoms with Gasteiger partial charge < -0.3 is 5.32 Å². The van der Waals surface area contributed by atoms with Crippen molar-refractivity contribution in [3.05, 3.63) is 101 Å². The first kappa shape index (κ1) is 20.3. The molecule has 1 unspecified atom stereocenters. The third-order valence-corrected chi connectivity index (χ3v) is 7.26. The Labute approximate surface area is 177 Å². The van der Waals surface area contributed by atoms with Gasteiger partial charge in [-0.05, 0) is 47.7 Å². The van der Waals surface area contributed by atoms with Crippen LogP contribution in [-0.4, -0.2) is 24.7 Å². The Hall–Kier alpha value is -2.96. The van der Waals surface area contributed by atoms with E-state index >= 15 is 0 Å². The van der Waals surface area contributed by atoms with Crippen LogP contribution in [0.2, 0.25) is 0 Å². The van der Waals surface area contributed by atoms with Crippen molar-refractivity contribution in [1.82, 2.24) is 9.62 Å². The fourth-order valence-electron chi connectivity index (χ4n) is 3.79. The minimum Gasteiger partial charge on any atom is -0.351 e. The van der Waals surface area contributed by atoms with Crippen molar-refractivity contribution in [1.29, 1.82) is 0 Å². The average molecular weight is 421 g/mol. The summed E-state index contributed by atoms with van der Waals surface area (Å²) in [7, 11) is -3.83. The number of hydrogen-bond donors (Lipinski definition) is 1. The molecule has 0 bridgehead atoms. The number of carbonyl (C=O) groups excluding carboxylic acids is 1. The summed E-state index contributed by atoms with van der Waals surface area (Å²) >= 11 is 0. The van der Waals surface area contributed by atoms with Crippen molar-refractivity contribution in [2.45, 2.75) is 37.4 Å². The topological polar surface area (TPSA) is 66.5 Å². The van der Waals surface area contributed by atoms with Crippen LogP contribution in [0.4, 0.5) is 0 Å². The molecule has 0 fully saturated rings. The van der Waals surface area contributed by atoms with Gasteiger partial charge in [0, 0.05) is 13.1 Å². The molecule has 6 heteroatoms. The second-order valence-electron chi connectivity index (χ2n) is 7.56. The van der Waals surface area contributed by atoms with Crippen LogP contribution >= 0.6 is 0 Å². The van der Waals surface area contributed by atoms with E-state index in [2.05, 4.69) is 5.32 Å². The van der Waals surface area contributed by atoms with E-state index in [1.807, 2.05) is 67.6 Å². The molecule has 0 aliphatic carbocycles. The molecule has 30 heavy (non-hydrogen) atoms. The number of carbonyl (C=O) groups is 1. The van der Waals surface area contributed by atoms with E-state index in [4.69, 9.17) is 0 Å².